The zero-order valence-corrected chi connectivity index (χ0v) is 12.9. The van der Waals surface area contributed by atoms with E-state index in [2.05, 4.69) is 16.4 Å². The minimum absolute atomic E-state index is 0.142. The van der Waals surface area contributed by atoms with Crippen LogP contribution in [0.5, 0.6) is 0 Å². The van der Waals surface area contributed by atoms with Gasteiger partial charge in [-0.1, -0.05) is 6.07 Å². The van der Waals surface area contributed by atoms with Gasteiger partial charge in [-0.25, -0.2) is 0 Å². The molecule has 5 rings (SSSR count). The van der Waals surface area contributed by atoms with E-state index in [1.165, 1.54) is 5.56 Å². The minimum atomic E-state index is -0.917. The first-order valence-electron chi connectivity index (χ1n) is 8.14. The molecule has 23 heavy (non-hydrogen) atoms. The molecule has 2 N–H and O–H groups in total. The smallest absolute Gasteiger partial charge is 0.312 e. The molecule has 1 unspecified atom stereocenters. The van der Waals surface area contributed by atoms with Crippen LogP contribution in [-0.4, -0.2) is 40.7 Å². The van der Waals surface area contributed by atoms with E-state index < -0.39 is 17.0 Å². The van der Waals surface area contributed by atoms with Crippen molar-refractivity contribution in [2.75, 3.05) is 13.2 Å². The van der Waals surface area contributed by atoms with Crippen molar-refractivity contribution < 1.29 is 19.4 Å². The maximum atomic E-state index is 12.5. The molecule has 1 amide bonds. The Morgan fingerprint density at radius 2 is 2.26 bits per heavy atom. The average Bonchev–Trinajstić information content (AvgIpc) is 3.10. The zero-order chi connectivity index (χ0) is 16.1. The highest BCUT2D eigenvalue weighted by Gasteiger charge is 2.70. The Balaban J connectivity index is 1.40. The molecular weight excluding hydrogens is 296 g/mol. The first-order chi connectivity index (χ1) is 11.0. The Morgan fingerprint density at radius 1 is 1.43 bits per heavy atom. The van der Waals surface area contributed by atoms with Gasteiger partial charge in [0.25, 0.3) is 5.91 Å². The highest BCUT2D eigenvalue weighted by atomic mass is 16.5. The average molecular weight is 316 g/mol. The monoisotopic (exact) mass is 316 g/mol. The fourth-order valence-corrected chi connectivity index (χ4v) is 4.24. The molecule has 1 atom stereocenters. The molecule has 0 spiro atoms. The summed E-state index contributed by atoms with van der Waals surface area (Å²) < 4.78 is 5.54. The highest BCUT2D eigenvalue weighted by molar-refractivity contribution is 5.92. The van der Waals surface area contributed by atoms with E-state index in [4.69, 9.17) is 4.74 Å². The number of amides is 1. The van der Waals surface area contributed by atoms with Crippen LogP contribution < -0.4 is 5.32 Å². The maximum Gasteiger partial charge on any atom is 0.312 e. The van der Waals surface area contributed by atoms with Gasteiger partial charge in [0.15, 0.2) is 0 Å². The molecule has 1 saturated carbocycles. The predicted octanol–water partition coefficient (Wildman–Crippen LogP) is 1.25. The van der Waals surface area contributed by atoms with Crippen molar-refractivity contribution in [3.8, 4) is 0 Å². The van der Waals surface area contributed by atoms with Gasteiger partial charge in [0.05, 0.1) is 12.0 Å². The summed E-state index contributed by atoms with van der Waals surface area (Å²) in [6, 6.07) is 4.05. The van der Waals surface area contributed by atoms with E-state index in [-0.39, 0.29) is 18.4 Å². The van der Waals surface area contributed by atoms with Gasteiger partial charge in [-0.15, -0.1) is 0 Å². The molecule has 3 fully saturated rings. The van der Waals surface area contributed by atoms with Crippen molar-refractivity contribution in [3.63, 3.8) is 0 Å². The fourth-order valence-electron chi connectivity index (χ4n) is 4.24. The predicted molar refractivity (Wildman–Crippen MR) is 80.9 cm³/mol. The molecular formula is C17H20N2O4. The highest BCUT2D eigenvalue weighted by Crippen LogP contribution is 2.58. The molecule has 1 aromatic rings. The lowest BCUT2D eigenvalue weighted by Crippen LogP contribution is -2.57. The zero-order valence-electron chi connectivity index (χ0n) is 12.9. The Bertz CT molecular complexity index is 666. The van der Waals surface area contributed by atoms with E-state index in [0.717, 1.165) is 25.0 Å². The number of carboxylic acids is 1. The molecule has 0 radical (unpaired) electrons. The number of hydrogen-bond acceptors (Lipinski definition) is 4. The van der Waals surface area contributed by atoms with Crippen LogP contribution in [0.1, 0.15) is 42.9 Å². The molecule has 2 aliphatic carbocycles. The number of nitrogens with zero attached hydrogens (tertiary/aromatic N) is 1. The fraction of sp³-hybridized carbons (Fsp3) is 0.588. The van der Waals surface area contributed by atoms with Crippen LogP contribution >= 0.6 is 0 Å². The van der Waals surface area contributed by atoms with Gasteiger partial charge in [0, 0.05) is 37.2 Å². The van der Waals surface area contributed by atoms with E-state index in [9.17, 15) is 14.7 Å². The minimum Gasteiger partial charge on any atom is -0.481 e. The van der Waals surface area contributed by atoms with Gasteiger partial charge < -0.3 is 15.2 Å². The molecule has 6 nitrogen and oxygen atoms in total. The number of ether oxygens (including phenoxy) is 1. The first kappa shape index (κ1) is 14.6. The number of aromatic nitrogens is 1. The van der Waals surface area contributed by atoms with Gasteiger partial charge >= 0.3 is 5.97 Å². The van der Waals surface area contributed by atoms with Gasteiger partial charge in [-0.2, -0.15) is 0 Å². The topological polar surface area (TPSA) is 88.5 Å². The van der Waals surface area contributed by atoms with E-state index in [0.29, 0.717) is 19.4 Å². The molecule has 3 heterocycles. The second kappa shape index (κ2) is 5.03. The van der Waals surface area contributed by atoms with Crippen LogP contribution in [0, 0.1) is 5.41 Å². The van der Waals surface area contributed by atoms with Gasteiger partial charge in [0.2, 0.25) is 0 Å². The van der Waals surface area contributed by atoms with Crippen LogP contribution in [0.15, 0.2) is 18.3 Å². The van der Waals surface area contributed by atoms with Crippen molar-refractivity contribution in [2.24, 2.45) is 5.41 Å². The molecule has 2 bridgehead atoms. The number of carbonyl (C=O) groups is 2. The number of aryl methyl sites for hydroxylation is 1. The molecule has 0 aromatic carbocycles. The molecule has 2 saturated heterocycles. The summed E-state index contributed by atoms with van der Waals surface area (Å²) in [5.74, 6) is -0.801. The van der Waals surface area contributed by atoms with Gasteiger partial charge in [-0.3, -0.25) is 14.6 Å². The van der Waals surface area contributed by atoms with Crippen LogP contribution in [0.2, 0.25) is 0 Å². The Labute approximate surface area is 134 Å². The summed E-state index contributed by atoms with van der Waals surface area (Å²) >= 11 is 0. The van der Waals surface area contributed by atoms with Crippen LogP contribution in [0.25, 0.3) is 0 Å². The summed E-state index contributed by atoms with van der Waals surface area (Å²) in [7, 11) is 0. The van der Waals surface area contributed by atoms with Crippen molar-refractivity contribution in [2.45, 2.75) is 43.6 Å². The second-order valence-corrected chi connectivity index (χ2v) is 7.07. The molecule has 122 valence electrons. The molecule has 1 aromatic heterocycles. The van der Waals surface area contributed by atoms with Crippen LogP contribution in [0.3, 0.4) is 0 Å². The summed E-state index contributed by atoms with van der Waals surface area (Å²) in [5, 5.41) is 12.2. The first-order valence-corrected chi connectivity index (χ1v) is 8.14. The lowest BCUT2D eigenvalue weighted by atomic mass is 9.62. The largest absolute Gasteiger partial charge is 0.481 e. The van der Waals surface area contributed by atoms with E-state index >= 15 is 0 Å². The number of hydrogen-bond donors (Lipinski definition) is 2. The maximum absolute atomic E-state index is 12.5. The molecule has 2 aliphatic heterocycles. The third-order valence-electron chi connectivity index (χ3n) is 5.56. The van der Waals surface area contributed by atoms with Crippen LogP contribution in [0.4, 0.5) is 0 Å². The summed E-state index contributed by atoms with van der Waals surface area (Å²) in [6.45, 7) is 0.678. The number of carbonyl (C=O) groups excluding carboxylic acids is 1. The van der Waals surface area contributed by atoms with Gasteiger partial charge in [0.1, 0.15) is 5.60 Å². The Hall–Kier alpha value is -1.95. The van der Waals surface area contributed by atoms with E-state index in [1.54, 1.807) is 6.20 Å². The van der Waals surface area contributed by atoms with Crippen LogP contribution in [-0.2, 0) is 20.7 Å². The lowest BCUT2D eigenvalue weighted by molar-refractivity contribution is -0.158. The van der Waals surface area contributed by atoms with E-state index in [1.807, 2.05) is 6.07 Å². The van der Waals surface area contributed by atoms with Crippen molar-refractivity contribution in [3.05, 3.63) is 29.6 Å². The Morgan fingerprint density at radius 3 is 3.00 bits per heavy atom. The number of nitrogens with one attached hydrogen (secondary N) is 1. The number of pyridine rings is 1. The molecule has 4 aliphatic rings. The normalized spacial score (nSPS) is 34.3. The number of rotatable bonds is 4. The molecule has 6 heteroatoms. The summed E-state index contributed by atoms with van der Waals surface area (Å²) in [5.41, 5.74) is 0.593. The third-order valence-corrected chi connectivity index (χ3v) is 5.56. The second-order valence-electron chi connectivity index (χ2n) is 7.07. The van der Waals surface area contributed by atoms with Crippen molar-refractivity contribution >= 4 is 11.9 Å². The number of fused-ring (bicyclic) bond motifs is 2. The summed E-state index contributed by atoms with van der Waals surface area (Å²) in [6.07, 6.45) is 5.54. The SMILES string of the molecule is O=C(O)C12COC(C(=O)NCC3CCCc4cccnc43)(C1)C2. The quantitative estimate of drug-likeness (QED) is 0.873. The number of aliphatic carboxylic acids is 1. The standard InChI is InChI=1S/C17H20N2O4/c20-14(17-8-16(9-17,10-23-17)15(21)22)19-7-12-4-1-3-11-5-2-6-18-13(11)12/h2,5-6,12H,1,3-4,7-10H2,(H,19,20)(H,21,22). The Kier molecular flexibility index (Phi) is 3.20. The van der Waals surface area contributed by atoms with Crippen molar-refractivity contribution in [1.82, 2.24) is 10.3 Å². The number of carboxylic acid groups (broad SMARTS) is 1. The van der Waals surface area contributed by atoms with Crippen molar-refractivity contribution in [1.29, 1.82) is 0 Å². The van der Waals surface area contributed by atoms with Gasteiger partial charge in [-0.05, 0) is 30.9 Å². The third kappa shape index (κ3) is 2.16. The summed E-state index contributed by atoms with van der Waals surface area (Å²) in [4.78, 5) is 28.2. The lowest BCUT2D eigenvalue weighted by Gasteiger charge is -2.40.